The van der Waals surface area contributed by atoms with Gasteiger partial charge in [0.15, 0.2) is 0 Å². The molecule has 1 saturated heterocycles. The van der Waals surface area contributed by atoms with E-state index >= 15 is 0 Å². The maximum Gasteiger partial charge on any atom is 0.147 e. The third-order valence-corrected chi connectivity index (χ3v) is 6.94. The second-order valence-corrected chi connectivity index (χ2v) is 8.77. The van der Waals surface area contributed by atoms with Crippen molar-refractivity contribution in [1.82, 2.24) is 29.7 Å². The fourth-order valence-electron chi connectivity index (χ4n) is 4.56. The first-order valence-corrected chi connectivity index (χ1v) is 11.8. The Kier molecular flexibility index (Phi) is 5.68. The van der Waals surface area contributed by atoms with Crippen molar-refractivity contribution in [3.63, 3.8) is 0 Å². The number of H-pyrrole nitrogens is 1. The number of hydrogen-bond donors (Lipinski definition) is 1. The van der Waals surface area contributed by atoms with Crippen LogP contribution in [0, 0.1) is 28.6 Å². The minimum Gasteiger partial charge on any atom is -0.355 e. The van der Waals surface area contributed by atoms with Crippen LogP contribution in [-0.4, -0.2) is 49.1 Å². The lowest BCUT2D eigenvalue weighted by Crippen LogP contribution is -2.26. The predicted octanol–water partition coefficient (Wildman–Crippen LogP) is 3.79. The molecule has 10 heteroatoms. The van der Waals surface area contributed by atoms with E-state index in [0.717, 1.165) is 52.5 Å². The second kappa shape index (κ2) is 8.93. The lowest BCUT2D eigenvalue weighted by atomic mass is 9.96. The molecule has 1 aliphatic heterocycles. The number of hydrogen-bond acceptors (Lipinski definition) is 8. The van der Waals surface area contributed by atoms with Gasteiger partial charge in [-0.15, -0.1) is 11.8 Å². The summed E-state index contributed by atoms with van der Waals surface area (Å²) in [5.74, 6) is 0.931. The molecule has 0 radical (unpaired) electrons. The Hall–Kier alpha value is -3.89. The zero-order chi connectivity index (χ0) is 22.8. The van der Waals surface area contributed by atoms with Crippen molar-refractivity contribution in [2.24, 2.45) is 5.92 Å². The number of aromatic nitrogens is 6. The van der Waals surface area contributed by atoms with Gasteiger partial charge in [-0.05, 0) is 24.8 Å². The Labute approximate surface area is 195 Å². The summed E-state index contributed by atoms with van der Waals surface area (Å²) in [6.07, 6.45) is 12.1. The molecule has 0 aromatic carbocycles. The van der Waals surface area contributed by atoms with Crippen LogP contribution in [0.15, 0.2) is 48.1 Å². The number of thioether (sulfide) groups is 1. The molecule has 2 atom stereocenters. The van der Waals surface area contributed by atoms with Crippen LogP contribution in [0.4, 0.5) is 5.82 Å². The van der Waals surface area contributed by atoms with Gasteiger partial charge in [0.1, 0.15) is 29.4 Å². The molecular formula is C23H21N9S. The molecule has 9 nitrogen and oxygen atoms in total. The van der Waals surface area contributed by atoms with E-state index in [9.17, 15) is 10.5 Å². The lowest BCUT2D eigenvalue weighted by Gasteiger charge is -2.23. The number of nitrogens with one attached hydrogen (secondary N) is 1. The van der Waals surface area contributed by atoms with Crippen LogP contribution in [0.5, 0.6) is 0 Å². The highest BCUT2D eigenvalue weighted by molar-refractivity contribution is 7.98. The second-order valence-electron chi connectivity index (χ2n) is 7.92. The number of aromatic amines is 1. The molecule has 0 aliphatic carbocycles. The average molecular weight is 456 g/mol. The number of anilines is 1. The summed E-state index contributed by atoms with van der Waals surface area (Å²) in [7, 11) is 0. The molecule has 164 valence electrons. The summed E-state index contributed by atoms with van der Waals surface area (Å²) in [5, 5.41) is 24.8. The molecule has 1 N–H and O–H groups in total. The fourth-order valence-corrected chi connectivity index (χ4v) is 5.09. The first-order valence-electron chi connectivity index (χ1n) is 10.6. The molecular weight excluding hydrogens is 434 g/mol. The zero-order valence-electron chi connectivity index (χ0n) is 18.0. The van der Waals surface area contributed by atoms with Crippen molar-refractivity contribution < 1.29 is 0 Å². The van der Waals surface area contributed by atoms with E-state index in [2.05, 4.69) is 42.1 Å². The van der Waals surface area contributed by atoms with Gasteiger partial charge in [-0.3, -0.25) is 4.68 Å². The molecule has 0 spiro atoms. The monoisotopic (exact) mass is 455 g/mol. The standard InChI is InChI=1S/C23H21N9S/c1-33-20-4-8-27-23(18(20)10-25)31-9-5-15(12-31)19(2-6-24)32-13-16(11-30-32)21-17-3-7-26-22(17)29-14-28-21/h3-4,7-8,11,13-15,19H,2,5,9,12H2,1H3,(H,26,28,29)/t15-,19-/m0/s1. The third-order valence-electron chi connectivity index (χ3n) is 6.16. The molecule has 5 rings (SSSR count). The van der Waals surface area contributed by atoms with E-state index in [0.29, 0.717) is 12.0 Å². The van der Waals surface area contributed by atoms with Gasteiger partial charge in [0.05, 0.1) is 30.4 Å². The average Bonchev–Trinajstić information content (AvgIpc) is 3.62. The molecule has 1 fully saturated rings. The topological polar surface area (TPSA) is 123 Å². The maximum atomic E-state index is 9.70. The fraction of sp³-hybridized carbons (Fsp3) is 0.304. The van der Waals surface area contributed by atoms with Crippen LogP contribution >= 0.6 is 11.8 Å². The first kappa shape index (κ1) is 21.0. The smallest absolute Gasteiger partial charge is 0.147 e. The lowest BCUT2D eigenvalue weighted by molar-refractivity contribution is 0.332. The van der Waals surface area contributed by atoms with Crippen molar-refractivity contribution in [3.05, 3.63) is 48.8 Å². The highest BCUT2D eigenvalue weighted by atomic mass is 32.2. The number of nitriles is 2. The van der Waals surface area contributed by atoms with Crippen molar-refractivity contribution in [2.45, 2.75) is 23.8 Å². The molecule has 4 aromatic rings. The van der Waals surface area contributed by atoms with Crippen LogP contribution in [0.25, 0.3) is 22.3 Å². The van der Waals surface area contributed by atoms with Crippen molar-refractivity contribution in [3.8, 4) is 23.4 Å². The van der Waals surface area contributed by atoms with Crippen LogP contribution < -0.4 is 4.90 Å². The zero-order valence-corrected chi connectivity index (χ0v) is 18.8. The minimum atomic E-state index is -0.0772. The quantitative estimate of drug-likeness (QED) is 0.436. The number of rotatable bonds is 6. The Morgan fingerprint density at radius 1 is 1.27 bits per heavy atom. The molecule has 1 aliphatic rings. The molecule has 0 bridgehead atoms. The minimum absolute atomic E-state index is 0.0772. The van der Waals surface area contributed by atoms with Crippen molar-refractivity contribution in [2.75, 3.05) is 24.2 Å². The first-order chi connectivity index (χ1) is 16.2. The summed E-state index contributed by atoms with van der Waals surface area (Å²) >= 11 is 1.55. The summed E-state index contributed by atoms with van der Waals surface area (Å²) in [6, 6.07) is 8.40. The SMILES string of the molecule is CSc1ccnc(N2CC[C@H]([C@H](CC#N)n3cc(-c4ncnc5[nH]ccc45)cn3)C2)c1C#N. The molecule has 0 saturated carbocycles. The normalized spacial score (nSPS) is 16.6. The van der Waals surface area contributed by atoms with Gasteiger partial charge in [-0.1, -0.05) is 0 Å². The number of pyridine rings is 1. The van der Waals surface area contributed by atoms with Gasteiger partial charge in [-0.2, -0.15) is 15.6 Å². The van der Waals surface area contributed by atoms with Gasteiger partial charge in [-0.25, -0.2) is 15.0 Å². The van der Waals surface area contributed by atoms with Crippen molar-refractivity contribution >= 4 is 28.6 Å². The highest BCUT2D eigenvalue weighted by Gasteiger charge is 2.33. The number of nitrogens with zero attached hydrogens (tertiary/aromatic N) is 8. The van der Waals surface area contributed by atoms with E-state index in [-0.39, 0.29) is 12.0 Å². The van der Waals surface area contributed by atoms with Gasteiger partial charge >= 0.3 is 0 Å². The van der Waals surface area contributed by atoms with Gasteiger partial charge in [0.25, 0.3) is 0 Å². The molecule has 0 unspecified atom stereocenters. The van der Waals surface area contributed by atoms with E-state index < -0.39 is 0 Å². The molecule has 4 aromatic heterocycles. The summed E-state index contributed by atoms with van der Waals surface area (Å²) in [4.78, 5) is 19.4. The van der Waals surface area contributed by atoms with Crippen LogP contribution in [0.2, 0.25) is 0 Å². The molecule has 33 heavy (non-hydrogen) atoms. The van der Waals surface area contributed by atoms with E-state index in [1.807, 2.05) is 35.5 Å². The van der Waals surface area contributed by atoms with E-state index in [1.54, 1.807) is 24.2 Å². The van der Waals surface area contributed by atoms with Crippen LogP contribution in [0.1, 0.15) is 24.4 Å². The summed E-state index contributed by atoms with van der Waals surface area (Å²) in [6.45, 7) is 1.51. The Morgan fingerprint density at radius 3 is 3.00 bits per heavy atom. The van der Waals surface area contributed by atoms with E-state index in [4.69, 9.17) is 0 Å². The van der Waals surface area contributed by atoms with Gasteiger partial charge < -0.3 is 9.88 Å². The van der Waals surface area contributed by atoms with E-state index in [1.165, 1.54) is 6.33 Å². The largest absolute Gasteiger partial charge is 0.355 e. The summed E-state index contributed by atoms with van der Waals surface area (Å²) in [5.41, 5.74) is 3.10. The van der Waals surface area contributed by atoms with Crippen LogP contribution in [0.3, 0.4) is 0 Å². The Bertz CT molecular complexity index is 1380. The molecule has 0 amide bonds. The highest BCUT2D eigenvalue weighted by Crippen LogP contribution is 2.36. The predicted molar refractivity (Wildman–Crippen MR) is 125 cm³/mol. The van der Waals surface area contributed by atoms with Crippen LogP contribution in [-0.2, 0) is 0 Å². The maximum absolute atomic E-state index is 9.70. The third kappa shape index (κ3) is 3.79. The molecule has 5 heterocycles. The Balaban J connectivity index is 1.42. The van der Waals surface area contributed by atoms with Gasteiger partial charge in [0.2, 0.25) is 0 Å². The number of fused-ring (bicyclic) bond motifs is 1. The van der Waals surface area contributed by atoms with Crippen molar-refractivity contribution in [1.29, 1.82) is 10.5 Å². The summed E-state index contributed by atoms with van der Waals surface area (Å²) < 4.78 is 1.89. The van der Waals surface area contributed by atoms with Gasteiger partial charge in [0, 0.05) is 53.4 Å². The Morgan fingerprint density at radius 2 is 2.18 bits per heavy atom.